The first-order chi connectivity index (χ1) is 16.6. The molecular formula is C27H20BrNO3S2. The molecule has 0 amide bonds. The van der Waals surface area contributed by atoms with Gasteiger partial charge in [0.15, 0.2) is 0 Å². The molecule has 34 heavy (non-hydrogen) atoms. The number of ketones is 1. The highest BCUT2D eigenvalue weighted by Gasteiger charge is 2.29. The van der Waals surface area contributed by atoms with Crippen molar-refractivity contribution in [3.8, 4) is 0 Å². The molecule has 3 aromatic heterocycles. The van der Waals surface area contributed by atoms with Crippen LogP contribution >= 0.6 is 39.0 Å². The third-order valence-corrected chi connectivity index (χ3v) is 8.50. The van der Waals surface area contributed by atoms with Crippen LogP contribution in [0.2, 0.25) is 0 Å². The fourth-order valence-corrected chi connectivity index (χ4v) is 6.69. The molecule has 0 fully saturated rings. The lowest BCUT2D eigenvalue weighted by molar-refractivity contribution is 0.0531. The van der Waals surface area contributed by atoms with E-state index < -0.39 is 5.97 Å². The molecule has 0 aliphatic rings. The maximum atomic E-state index is 13.6. The molecule has 0 radical (unpaired) electrons. The minimum atomic E-state index is -0.412. The molecule has 5 rings (SSSR count). The fourth-order valence-electron chi connectivity index (χ4n) is 3.94. The predicted molar refractivity (Wildman–Crippen MR) is 142 cm³/mol. The number of pyridine rings is 1. The molecule has 0 atom stereocenters. The van der Waals surface area contributed by atoms with Crippen molar-refractivity contribution in [3.05, 3.63) is 105 Å². The first kappa shape index (κ1) is 22.9. The molecule has 0 bridgehead atoms. The summed E-state index contributed by atoms with van der Waals surface area (Å²) in [5.74, 6) is 0.245. The number of rotatable bonds is 7. The Bertz CT molecular complexity index is 1500. The molecule has 0 unspecified atom stereocenters. The number of fused-ring (bicyclic) bond motifs is 3. The first-order valence-electron chi connectivity index (χ1n) is 10.8. The molecule has 5 aromatic rings. The van der Waals surface area contributed by atoms with Crippen LogP contribution in [0.3, 0.4) is 0 Å². The number of thiophene rings is 1. The van der Waals surface area contributed by atoms with Gasteiger partial charge in [0.05, 0.1) is 32.3 Å². The van der Waals surface area contributed by atoms with E-state index in [1.165, 1.54) is 16.9 Å². The molecule has 4 nitrogen and oxygen atoms in total. The molecule has 0 aliphatic carbocycles. The van der Waals surface area contributed by atoms with Gasteiger partial charge in [0.1, 0.15) is 0 Å². The average molecular weight is 550 g/mol. The van der Waals surface area contributed by atoms with Crippen LogP contribution in [-0.2, 0) is 10.5 Å². The molecule has 2 aromatic carbocycles. The summed E-state index contributed by atoms with van der Waals surface area (Å²) in [5, 5.41) is 0.668. The van der Waals surface area contributed by atoms with E-state index in [9.17, 15) is 9.59 Å². The van der Waals surface area contributed by atoms with Crippen LogP contribution in [0.5, 0.6) is 0 Å². The van der Waals surface area contributed by atoms with Crippen LogP contribution in [0.25, 0.3) is 16.4 Å². The number of nitrogens with zero attached hydrogens (tertiary/aromatic N) is 1. The minimum Gasteiger partial charge on any atom is -0.462 e. The van der Waals surface area contributed by atoms with Gasteiger partial charge in [-0.05, 0) is 36.8 Å². The SMILES string of the molecule is CCOC(=O)c1c2c(C(=O)c3ccccc3)sc(SCc3ccc(Br)cc3)c2n2ccccc12. The Balaban J connectivity index is 1.72. The molecule has 0 saturated carbocycles. The van der Waals surface area contributed by atoms with Gasteiger partial charge in [0.25, 0.3) is 0 Å². The zero-order valence-corrected chi connectivity index (χ0v) is 21.5. The Labute approximate surface area is 213 Å². The summed E-state index contributed by atoms with van der Waals surface area (Å²) in [7, 11) is 0. The summed E-state index contributed by atoms with van der Waals surface area (Å²) in [6.45, 7) is 2.05. The minimum absolute atomic E-state index is 0.0902. The lowest BCUT2D eigenvalue weighted by Crippen LogP contribution is -2.06. The van der Waals surface area contributed by atoms with Crippen molar-refractivity contribution in [2.45, 2.75) is 16.9 Å². The van der Waals surface area contributed by atoms with Crippen LogP contribution in [0.1, 0.15) is 38.1 Å². The number of aromatic nitrogens is 1. The Morgan fingerprint density at radius 2 is 1.74 bits per heavy atom. The van der Waals surface area contributed by atoms with E-state index in [0.29, 0.717) is 21.4 Å². The second kappa shape index (κ2) is 9.78. The van der Waals surface area contributed by atoms with Gasteiger partial charge in [0, 0.05) is 27.4 Å². The smallest absolute Gasteiger partial charge is 0.341 e. The van der Waals surface area contributed by atoms with E-state index in [4.69, 9.17) is 4.74 Å². The number of hydrogen-bond acceptors (Lipinski definition) is 5. The highest BCUT2D eigenvalue weighted by molar-refractivity contribution is 9.10. The summed E-state index contributed by atoms with van der Waals surface area (Å²) < 4.78 is 9.46. The van der Waals surface area contributed by atoms with Crippen molar-refractivity contribution < 1.29 is 14.3 Å². The third-order valence-electron chi connectivity index (χ3n) is 5.46. The van der Waals surface area contributed by atoms with E-state index in [1.54, 1.807) is 18.7 Å². The largest absolute Gasteiger partial charge is 0.462 e. The molecular weight excluding hydrogens is 530 g/mol. The maximum Gasteiger partial charge on any atom is 0.341 e. The summed E-state index contributed by atoms with van der Waals surface area (Å²) in [5.41, 5.74) is 3.84. The monoisotopic (exact) mass is 549 g/mol. The third kappa shape index (κ3) is 4.19. The highest BCUT2D eigenvalue weighted by atomic mass is 79.9. The summed E-state index contributed by atoms with van der Waals surface area (Å²) >= 11 is 6.60. The number of benzene rings is 2. The number of carbonyl (C=O) groups excluding carboxylic acids is 2. The van der Waals surface area contributed by atoms with Crippen molar-refractivity contribution in [1.29, 1.82) is 0 Å². The van der Waals surface area contributed by atoms with Gasteiger partial charge >= 0.3 is 5.97 Å². The number of esters is 1. The van der Waals surface area contributed by atoms with E-state index in [-0.39, 0.29) is 12.4 Å². The summed E-state index contributed by atoms with van der Waals surface area (Å²) in [6.07, 6.45) is 1.94. The topological polar surface area (TPSA) is 47.8 Å². The predicted octanol–water partition coefficient (Wildman–Crippen LogP) is 7.62. The quantitative estimate of drug-likeness (QED) is 0.119. The number of carbonyl (C=O) groups is 2. The second-order valence-corrected chi connectivity index (χ2v) is 10.8. The van der Waals surface area contributed by atoms with Crippen molar-refractivity contribution in [2.24, 2.45) is 0 Å². The molecule has 7 heteroatoms. The van der Waals surface area contributed by atoms with Crippen molar-refractivity contribution in [3.63, 3.8) is 0 Å². The van der Waals surface area contributed by atoms with Crippen LogP contribution in [0.15, 0.2) is 87.7 Å². The molecule has 0 spiro atoms. The van der Waals surface area contributed by atoms with Gasteiger partial charge in [-0.15, -0.1) is 23.1 Å². The summed E-state index contributed by atoms with van der Waals surface area (Å²) in [4.78, 5) is 27.3. The number of ether oxygens (including phenoxy) is 1. The fraction of sp³-hybridized carbons (Fsp3) is 0.111. The Kier molecular flexibility index (Phi) is 6.59. The lowest BCUT2D eigenvalue weighted by atomic mass is 10.1. The zero-order chi connectivity index (χ0) is 23.7. The molecule has 0 N–H and O–H groups in total. The maximum absolute atomic E-state index is 13.6. The van der Waals surface area contributed by atoms with Crippen molar-refractivity contribution in [2.75, 3.05) is 6.61 Å². The van der Waals surface area contributed by atoms with Gasteiger partial charge in [-0.2, -0.15) is 0 Å². The Morgan fingerprint density at radius 1 is 1.00 bits per heavy atom. The second-order valence-electron chi connectivity index (χ2n) is 7.60. The zero-order valence-electron chi connectivity index (χ0n) is 18.3. The van der Waals surface area contributed by atoms with Crippen LogP contribution in [-0.4, -0.2) is 22.8 Å². The molecule has 170 valence electrons. The van der Waals surface area contributed by atoms with Crippen LogP contribution in [0.4, 0.5) is 0 Å². The normalized spacial score (nSPS) is 11.2. The van der Waals surface area contributed by atoms with Gasteiger partial charge in [-0.25, -0.2) is 4.79 Å². The van der Waals surface area contributed by atoms with Gasteiger partial charge in [-0.1, -0.05) is 64.5 Å². The number of halogens is 1. The molecule has 0 saturated heterocycles. The van der Waals surface area contributed by atoms with E-state index in [1.807, 2.05) is 71.3 Å². The molecule has 3 heterocycles. The van der Waals surface area contributed by atoms with Gasteiger partial charge in [-0.3, -0.25) is 4.79 Å². The Hall–Kier alpha value is -2.87. The molecule has 0 aliphatic heterocycles. The van der Waals surface area contributed by atoms with Crippen molar-refractivity contribution in [1.82, 2.24) is 4.40 Å². The summed E-state index contributed by atoms with van der Waals surface area (Å²) in [6, 6.07) is 23.1. The number of hydrogen-bond donors (Lipinski definition) is 0. The van der Waals surface area contributed by atoms with Crippen molar-refractivity contribution >= 4 is 67.2 Å². The van der Waals surface area contributed by atoms with Crippen LogP contribution in [0, 0.1) is 0 Å². The van der Waals surface area contributed by atoms with Crippen LogP contribution < -0.4 is 0 Å². The van der Waals surface area contributed by atoms with Gasteiger partial charge in [0.2, 0.25) is 5.78 Å². The highest BCUT2D eigenvalue weighted by Crippen LogP contribution is 2.44. The average Bonchev–Trinajstić information content (AvgIpc) is 3.40. The van der Waals surface area contributed by atoms with E-state index >= 15 is 0 Å². The van der Waals surface area contributed by atoms with E-state index in [2.05, 4.69) is 28.1 Å². The first-order valence-corrected chi connectivity index (χ1v) is 13.4. The standard InChI is InChI=1S/C27H20BrNO3S2/c1-2-32-26(31)21-20-10-6-7-15-29(20)23-22(21)25(24(30)18-8-4-3-5-9-18)34-27(23)33-16-17-11-13-19(28)14-12-17/h3-15H,2,16H2,1H3. The number of thioether (sulfide) groups is 1. The van der Waals surface area contributed by atoms with E-state index in [0.717, 1.165) is 25.5 Å². The Morgan fingerprint density at radius 3 is 2.47 bits per heavy atom. The van der Waals surface area contributed by atoms with Gasteiger partial charge < -0.3 is 9.14 Å². The lowest BCUT2D eigenvalue weighted by Gasteiger charge is -2.04.